The predicted molar refractivity (Wildman–Crippen MR) is 31.7 cm³/mol. The minimum atomic E-state index is -3.54. The first-order valence-corrected chi connectivity index (χ1v) is 5.97. The second-order valence-corrected chi connectivity index (χ2v) is 2.94. The first-order valence-electron chi connectivity index (χ1n) is 2.30. The number of rotatable bonds is 3. The second-order valence-electron chi connectivity index (χ2n) is 0.981. The summed E-state index contributed by atoms with van der Waals surface area (Å²) in [6.45, 7) is 0. The van der Waals surface area contributed by atoms with Gasteiger partial charge in [0.2, 0.25) is 0 Å². The van der Waals surface area contributed by atoms with E-state index in [-0.39, 0.29) is 52.6 Å². The van der Waals surface area contributed by atoms with Crippen LogP contribution in [0, 0.1) is 0 Å². The van der Waals surface area contributed by atoms with Gasteiger partial charge in [-0.3, -0.25) is 0 Å². The Kier molecular flexibility index (Phi) is 45.3. The van der Waals surface area contributed by atoms with Gasteiger partial charge >= 0.3 is 80.1 Å². The van der Waals surface area contributed by atoms with Crippen molar-refractivity contribution >= 4 is 50.6 Å². The molecule has 0 spiro atoms. The van der Waals surface area contributed by atoms with Crippen LogP contribution in [0.15, 0.2) is 0 Å². The van der Waals surface area contributed by atoms with E-state index in [2.05, 4.69) is 13.9 Å². The van der Waals surface area contributed by atoms with Gasteiger partial charge in [-0.1, -0.05) is 13.6 Å². The second kappa shape index (κ2) is 25.3. The monoisotopic (exact) mass is 332 g/mol. The zero-order chi connectivity index (χ0) is 12.9. The van der Waals surface area contributed by atoms with Gasteiger partial charge in [-0.15, -0.1) is 0 Å². The summed E-state index contributed by atoms with van der Waals surface area (Å²) < 4.78 is 63.4. The third kappa shape index (κ3) is 83.0. The maximum Gasteiger partial charge on any atom is 2.00 e. The molecule has 0 atom stereocenters. The molecule has 0 unspecified atom stereocenters. The van der Waals surface area contributed by atoms with E-state index in [1.807, 2.05) is 0 Å². The van der Waals surface area contributed by atoms with Crippen molar-refractivity contribution in [2.45, 2.75) is 0 Å². The van der Waals surface area contributed by atoms with Crippen LogP contribution in [0.4, 0.5) is 13.6 Å². The van der Waals surface area contributed by atoms with Crippen molar-refractivity contribution in [3.05, 3.63) is 0 Å². The molecule has 0 heterocycles. The molecule has 17 heteroatoms. The quantitative estimate of drug-likeness (QED) is 0.459. The van der Waals surface area contributed by atoms with Gasteiger partial charge < -0.3 is 41.7 Å². The van der Waals surface area contributed by atoms with Crippen LogP contribution in [0.2, 0.25) is 0 Å². The topological polar surface area (TPSA) is 148 Å². The third-order valence-electron chi connectivity index (χ3n) is 0.189. The molecule has 0 N–H and O–H groups in total. The van der Waals surface area contributed by atoms with Crippen LogP contribution >= 0.6 is 0 Å². The Morgan fingerprint density at radius 3 is 0.765 bits per heavy atom. The smallest absolute Gasteiger partial charge is 0.478 e. The van der Waals surface area contributed by atoms with Crippen molar-refractivity contribution < 1.29 is 84.8 Å². The van der Waals surface area contributed by atoms with Gasteiger partial charge in [0, 0.05) is 0 Å². The minimum Gasteiger partial charge on any atom is -0.478 e. The summed E-state index contributed by atoms with van der Waals surface area (Å²) in [5, 5.41) is 0. The molecule has 0 saturated heterocycles. The molecule has 0 aliphatic carbocycles. The fraction of sp³-hybridized carbons (Fsp3) is 0. The van der Waals surface area contributed by atoms with Gasteiger partial charge in [-0.2, -0.15) is 0 Å². The van der Waals surface area contributed by atoms with Gasteiger partial charge in [0.05, 0.1) is 0 Å². The average molecular weight is 333 g/mol. The molecule has 0 fully saturated rings. The number of halogens is 3. The summed E-state index contributed by atoms with van der Waals surface area (Å²) in [5.74, 6) is 0. The van der Waals surface area contributed by atoms with E-state index in [4.69, 9.17) is 27.8 Å². The summed E-state index contributed by atoms with van der Waals surface area (Å²) in [4.78, 5) is 26.5. The van der Waals surface area contributed by atoms with Gasteiger partial charge in [-0.05, 0) is 0 Å². The fourth-order valence-corrected chi connectivity index (χ4v) is 0. The Balaban J connectivity index is -0.0000000400. The van der Waals surface area contributed by atoms with Crippen LogP contribution in [0.3, 0.4) is 0 Å². The fourth-order valence-electron chi connectivity index (χ4n) is 0. The summed E-state index contributed by atoms with van der Waals surface area (Å²) in [6, 6.07) is 0. The Bertz CT molecular complexity index is 171. The summed E-state index contributed by atoms with van der Waals surface area (Å²) in [6.07, 6.45) is 0. The van der Waals surface area contributed by atoms with Gasteiger partial charge in [0.1, 0.15) is 0 Å². The Labute approximate surface area is 134 Å². The van der Waals surface area contributed by atoms with Crippen LogP contribution in [-0.4, -0.2) is 50.6 Å². The zero-order valence-electron chi connectivity index (χ0n) is 8.02. The van der Waals surface area contributed by atoms with Crippen LogP contribution in [0.1, 0.15) is 0 Å². The molecule has 0 aliphatic rings. The summed E-state index contributed by atoms with van der Waals surface area (Å²) >= 11 is 0. The summed E-state index contributed by atoms with van der Waals surface area (Å²) in [5.41, 5.74) is 0. The van der Waals surface area contributed by atoms with Crippen molar-refractivity contribution in [2.75, 3.05) is 0 Å². The van der Waals surface area contributed by atoms with Crippen molar-refractivity contribution in [3.63, 3.8) is 0 Å². The van der Waals surface area contributed by atoms with E-state index in [0.29, 0.717) is 0 Å². The average Bonchev–Trinajstić information content (AvgIpc) is 2.19. The Morgan fingerprint density at radius 1 is 0.706 bits per heavy atom. The van der Waals surface area contributed by atoms with Crippen molar-refractivity contribution in [1.82, 2.24) is 0 Å². The maximum absolute atomic E-state index is 10.0. The molecule has 0 aromatic rings. The number of hydrogen-bond acceptors (Lipinski definition) is 9. The molecule has 90 valence electrons. The molecule has 9 nitrogen and oxygen atoms in total. The van der Waals surface area contributed by atoms with Crippen LogP contribution in [0.25, 0.3) is 0 Å². The molecule has 0 aliphatic heterocycles. The van der Waals surface area contributed by atoms with Crippen LogP contribution in [-0.2, 0) is 27.3 Å². The van der Waals surface area contributed by atoms with Gasteiger partial charge in [-0.25, -0.2) is 0 Å². The largest absolute Gasteiger partial charge is 2.00 e. The summed E-state index contributed by atoms with van der Waals surface area (Å²) in [7, 11) is -10.6. The van der Waals surface area contributed by atoms with Crippen molar-refractivity contribution in [2.24, 2.45) is 0 Å². The Hall–Kier alpha value is 0.407. The van der Waals surface area contributed by atoms with Gasteiger partial charge in [0.15, 0.2) is 0 Å². The molecule has 0 rings (SSSR count). The van der Waals surface area contributed by atoms with E-state index in [0.717, 1.165) is 0 Å². The zero-order valence-corrected chi connectivity index (χ0v) is 14.4. The normalized spacial score (nSPS) is 5.82. The van der Waals surface area contributed by atoms with E-state index in [1.165, 1.54) is 0 Å². The molecule has 0 aromatic heterocycles. The van der Waals surface area contributed by atoms with Crippen molar-refractivity contribution in [1.29, 1.82) is 0 Å². The first kappa shape index (κ1) is 30.4. The van der Waals surface area contributed by atoms with Gasteiger partial charge in [0.25, 0.3) is 0 Å². The standard InChI is InChI=1S/3FO3Si.Mg.Na/c3*1-4-5(2)3;;/q3*-1;+2;+1. The molecular weight excluding hydrogens is 333 g/mol. The van der Waals surface area contributed by atoms with E-state index in [1.54, 1.807) is 0 Å². The van der Waals surface area contributed by atoms with E-state index in [9.17, 15) is 13.6 Å². The van der Waals surface area contributed by atoms with Crippen LogP contribution in [0.5, 0.6) is 0 Å². The maximum atomic E-state index is 10.0. The minimum absolute atomic E-state index is 0. The predicted octanol–water partition coefficient (Wildman–Crippen LogP) is -7.39. The molecule has 0 saturated carbocycles. The number of hydrogen-bond donors (Lipinski definition) is 0. The SMILES string of the molecule is O=[Si]([O-])OF.O=[Si]([O-])OF.O=[Si]([O-])OF.[Mg+2].[Na+]. The first-order chi connectivity index (χ1) is 6.81. The van der Waals surface area contributed by atoms with Crippen molar-refractivity contribution in [3.8, 4) is 0 Å². The van der Waals surface area contributed by atoms with Crippen LogP contribution < -0.4 is 43.9 Å². The third-order valence-corrected chi connectivity index (χ3v) is 0.567. The molecule has 17 heavy (non-hydrogen) atoms. The molecule has 0 bridgehead atoms. The Morgan fingerprint density at radius 2 is 0.765 bits per heavy atom. The molecule has 0 aromatic carbocycles. The molecular formula is F3MgNaO9Si3. The van der Waals surface area contributed by atoms with E-state index >= 15 is 0 Å². The van der Waals surface area contributed by atoms with E-state index < -0.39 is 27.5 Å². The molecule has 0 amide bonds. The molecule has 0 radical (unpaired) electrons.